The van der Waals surface area contributed by atoms with E-state index in [1.54, 1.807) is 6.20 Å². The van der Waals surface area contributed by atoms with Crippen LogP contribution in [0.1, 0.15) is 0 Å². The summed E-state index contributed by atoms with van der Waals surface area (Å²) in [6, 6.07) is 40.0. The van der Waals surface area contributed by atoms with E-state index in [1.165, 1.54) is 0 Å². The molecule has 3 heteroatoms. The van der Waals surface area contributed by atoms with E-state index >= 15 is 0 Å². The number of aromatic nitrogens is 1. The van der Waals surface area contributed by atoms with Gasteiger partial charge in [-0.05, 0) is 46.5 Å². The minimum Gasteiger partial charge on any atom is -0.456 e. The number of rotatable bonds is 3. The van der Waals surface area contributed by atoms with Crippen molar-refractivity contribution in [1.82, 2.24) is 4.98 Å². The lowest BCUT2D eigenvalue weighted by Crippen LogP contribution is -1.82. The summed E-state index contributed by atoms with van der Waals surface area (Å²) in [6.07, 6.45) is 3.68. The van der Waals surface area contributed by atoms with Gasteiger partial charge in [0.15, 0.2) is 0 Å². The quantitative estimate of drug-likeness (QED) is 0.249. The molecule has 3 aromatic heterocycles. The molecule has 0 saturated heterocycles. The molecule has 8 rings (SSSR count). The molecule has 178 valence electrons. The van der Waals surface area contributed by atoms with Crippen molar-refractivity contribution < 1.29 is 8.83 Å². The number of para-hydroxylation sites is 3. The van der Waals surface area contributed by atoms with Crippen LogP contribution in [0.25, 0.3) is 77.3 Å². The average molecular weight is 488 g/mol. The lowest BCUT2D eigenvalue weighted by Gasteiger charge is -2.05. The summed E-state index contributed by atoms with van der Waals surface area (Å²) in [5, 5.41) is 4.48. The second-order valence-corrected chi connectivity index (χ2v) is 9.59. The maximum atomic E-state index is 6.67. The van der Waals surface area contributed by atoms with E-state index < -0.39 is 0 Å². The van der Waals surface area contributed by atoms with Crippen molar-refractivity contribution in [1.29, 1.82) is 0 Å². The van der Waals surface area contributed by atoms with Crippen molar-refractivity contribution in [2.75, 3.05) is 0 Å². The largest absolute Gasteiger partial charge is 0.456 e. The molecule has 0 saturated carbocycles. The minimum atomic E-state index is 0.881. The second kappa shape index (κ2) is 8.19. The first kappa shape index (κ1) is 21.0. The highest BCUT2D eigenvalue weighted by atomic mass is 16.3. The molecule has 0 fully saturated rings. The van der Waals surface area contributed by atoms with Gasteiger partial charge in [0.2, 0.25) is 0 Å². The van der Waals surface area contributed by atoms with Crippen molar-refractivity contribution in [3.63, 3.8) is 0 Å². The molecule has 0 aliphatic carbocycles. The Kier molecular flexibility index (Phi) is 4.52. The third-order valence-corrected chi connectivity index (χ3v) is 7.40. The zero-order valence-corrected chi connectivity index (χ0v) is 20.4. The molecule has 38 heavy (non-hydrogen) atoms. The molecule has 0 N–H and O–H groups in total. The van der Waals surface area contributed by atoms with Crippen LogP contribution in [0, 0.1) is 0 Å². The van der Waals surface area contributed by atoms with Crippen LogP contribution in [0.5, 0.6) is 0 Å². The Morgan fingerprint density at radius 1 is 0.421 bits per heavy atom. The van der Waals surface area contributed by atoms with Gasteiger partial charge in [0.25, 0.3) is 0 Å². The van der Waals surface area contributed by atoms with Gasteiger partial charge in [-0.1, -0.05) is 91.0 Å². The highest BCUT2D eigenvalue weighted by molar-refractivity contribution is 6.13. The molecule has 5 aromatic carbocycles. The first-order chi connectivity index (χ1) is 18.8. The third-order valence-electron chi connectivity index (χ3n) is 7.40. The van der Waals surface area contributed by atoms with Crippen LogP contribution in [-0.2, 0) is 0 Å². The highest BCUT2D eigenvalue weighted by Gasteiger charge is 2.16. The normalized spacial score (nSPS) is 11.7. The van der Waals surface area contributed by atoms with Crippen LogP contribution < -0.4 is 0 Å². The second-order valence-electron chi connectivity index (χ2n) is 9.59. The summed E-state index contributed by atoms with van der Waals surface area (Å²) in [5.74, 6) is 0. The Labute approximate surface area is 218 Å². The van der Waals surface area contributed by atoms with Crippen LogP contribution in [0.4, 0.5) is 0 Å². The predicted molar refractivity (Wildman–Crippen MR) is 155 cm³/mol. The Balaban J connectivity index is 1.28. The van der Waals surface area contributed by atoms with Crippen LogP contribution in [0.2, 0.25) is 0 Å². The maximum absolute atomic E-state index is 6.67. The minimum absolute atomic E-state index is 0.881. The van der Waals surface area contributed by atoms with E-state index in [0.29, 0.717) is 0 Å². The van der Waals surface area contributed by atoms with Gasteiger partial charge in [0, 0.05) is 45.1 Å². The van der Waals surface area contributed by atoms with Gasteiger partial charge in [0.05, 0.1) is 0 Å². The SMILES string of the molecule is c1cncc(-c2ccc(-c3cccc4c3oc3c(-c5ccc6c(c5)oc5ccccc56)cccc34)cc2)c1. The maximum Gasteiger partial charge on any atom is 0.143 e. The zero-order chi connectivity index (χ0) is 25.1. The van der Waals surface area contributed by atoms with Crippen LogP contribution in [0.3, 0.4) is 0 Å². The standard InChI is InChI=1S/C35H21NO2/c1-2-12-32-28(7-1)29-18-17-24(20-33(29)37-32)27-9-4-11-31-30-10-3-8-26(34(30)38-35(27)31)23-15-13-22(14-16-23)25-6-5-19-36-21-25/h1-21H. The molecular formula is C35H21NO2. The third kappa shape index (κ3) is 3.19. The van der Waals surface area contributed by atoms with E-state index in [0.717, 1.165) is 77.3 Å². The smallest absolute Gasteiger partial charge is 0.143 e. The van der Waals surface area contributed by atoms with Gasteiger partial charge in [-0.25, -0.2) is 0 Å². The van der Waals surface area contributed by atoms with E-state index in [4.69, 9.17) is 8.83 Å². The summed E-state index contributed by atoms with van der Waals surface area (Å²) in [5.41, 5.74) is 10.1. The number of hydrogen-bond acceptors (Lipinski definition) is 3. The Bertz CT molecular complexity index is 2120. The zero-order valence-electron chi connectivity index (χ0n) is 20.4. The first-order valence-corrected chi connectivity index (χ1v) is 12.7. The molecule has 3 heterocycles. The molecular weight excluding hydrogens is 466 g/mol. The molecule has 0 aliphatic heterocycles. The Morgan fingerprint density at radius 3 is 1.84 bits per heavy atom. The fourth-order valence-corrected chi connectivity index (χ4v) is 5.54. The first-order valence-electron chi connectivity index (χ1n) is 12.7. The van der Waals surface area contributed by atoms with E-state index in [1.807, 2.05) is 30.5 Å². The lowest BCUT2D eigenvalue weighted by molar-refractivity contribution is 0.668. The van der Waals surface area contributed by atoms with Crippen molar-refractivity contribution in [3.8, 4) is 33.4 Å². The van der Waals surface area contributed by atoms with Gasteiger partial charge in [-0.2, -0.15) is 0 Å². The number of benzene rings is 5. The molecule has 0 radical (unpaired) electrons. The molecule has 3 nitrogen and oxygen atoms in total. The summed E-state index contributed by atoms with van der Waals surface area (Å²) < 4.78 is 12.8. The highest BCUT2D eigenvalue weighted by Crippen LogP contribution is 2.41. The van der Waals surface area contributed by atoms with E-state index in [2.05, 4.69) is 96.0 Å². The molecule has 0 aliphatic rings. The van der Waals surface area contributed by atoms with E-state index in [-0.39, 0.29) is 0 Å². The molecule has 8 aromatic rings. The van der Waals surface area contributed by atoms with Gasteiger partial charge in [0.1, 0.15) is 22.3 Å². The predicted octanol–water partition coefficient (Wildman–Crippen LogP) is 9.88. The number of fused-ring (bicyclic) bond motifs is 6. The van der Waals surface area contributed by atoms with Crippen molar-refractivity contribution in [3.05, 3.63) is 128 Å². The summed E-state index contributed by atoms with van der Waals surface area (Å²) in [6.45, 7) is 0. The number of nitrogens with zero attached hydrogens (tertiary/aromatic N) is 1. The van der Waals surface area contributed by atoms with Crippen LogP contribution in [0.15, 0.2) is 136 Å². The Hall–Kier alpha value is -5.15. The topological polar surface area (TPSA) is 39.2 Å². The monoisotopic (exact) mass is 487 g/mol. The molecule has 0 atom stereocenters. The van der Waals surface area contributed by atoms with Gasteiger partial charge >= 0.3 is 0 Å². The fourth-order valence-electron chi connectivity index (χ4n) is 5.54. The van der Waals surface area contributed by atoms with E-state index in [9.17, 15) is 0 Å². The summed E-state index contributed by atoms with van der Waals surface area (Å²) >= 11 is 0. The van der Waals surface area contributed by atoms with Gasteiger partial charge in [-0.15, -0.1) is 0 Å². The number of furan rings is 2. The van der Waals surface area contributed by atoms with Gasteiger partial charge < -0.3 is 8.83 Å². The number of pyridine rings is 1. The molecule has 0 spiro atoms. The fraction of sp³-hybridized carbons (Fsp3) is 0. The van der Waals surface area contributed by atoms with Crippen LogP contribution in [-0.4, -0.2) is 4.98 Å². The molecule has 0 unspecified atom stereocenters. The molecule has 0 bridgehead atoms. The average Bonchev–Trinajstić information content (AvgIpc) is 3.56. The molecule has 0 amide bonds. The van der Waals surface area contributed by atoms with Crippen molar-refractivity contribution in [2.24, 2.45) is 0 Å². The van der Waals surface area contributed by atoms with Crippen molar-refractivity contribution in [2.45, 2.75) is 0 Å². The Morgan fingerprint density at radius 2 is 1.08 bits per heavy atom. The summed E-state index contributed by atoms with van der Waals surface area (Å²) in [4.78, 5) is 4.25. The lowest BCUT2D eigenvalue weighted by atomic mass is 9.98. The van der Waals surface area contributed by atoms with Crippen LogP contribution >= 0.6 is 0 Å². The number of hydrogen-bond donors (Lipinski definition) is 0. The van der Waals surface area contributed by atoms with Crippen molar-refractivity contribution >= 4 is 43.9 Å². The van der Waals surface area contributed by atoms with Gasteiger partial charge in [-0.3, -0.25) is 4.98 Å². The summed E-state index contributed by atoms with van der Waals surface area (Å²) in [7, 11) is 0.